The molecule has 0 aliphatic heterocycles. The molecule has 104 valence electrons. The standard InChI is InChI=1S/C10H13N3O5S/c1-5(8-13-6(4-19-8)9(15)16)12-10(17)11-3-7(14)18-2/h4-5H,3H2,1-2H3,(H,15,16)(H2,11,12,17). The monoisotopic (exact) mass is 287 g/mol. The second kappa shape index (κ2) is 6.69. The first-order valence-electron chi connectivity index (χ1n) is 5.24. The van der Waals surface area contributed by atoms with Gasteiger partial charge in [0.1, 0.15) is 11.6 Å². The topological polar surface area (TPSA) is 118 Å². The number of carboxylic acids is 1. The molecule has 1 atom stereocenters. The first-order chi connectivity index (χ1) is 8.93. The summed E-state index contributed by atoms with van der Waals surface area (Å²) in [5, 5.41) is 15.4. The third kappa shape index (κ3) is 4.54. The van der Waals surface area contributed by atoms with Crippen molar-refractivity contribution < 1.29 is 24.2 Å². The molecule has 0 bridgehead atoms. The fourth-order valence-electron chi connectivity index (χ4n) is 1.12. The van der Waals surface area contributed by atoms with Crippen LogP contribution in [0.15, 0.2) is 5.38 Å². The maximum absolute atomic E-state index is 11.4. The molecule has 0 fully saturated rings. The first kappa shape index (κ1) is 14.9. The number of amides is 2. The van der Waals surface area contributed by atoms with Crippen LogP contribution in [0.2, 0.25) is 0 Å². The highest BCUT2D eigenvalue weighted by Crippen LogP contribution is 2.17. The minimum atomic E-state index is -1.12. The number of ether oxygens (including phenoxy) is 1. The Labute approximate surface area is 112 Å². The molecule has 1 rings (SSSR count). The van der Waals surface area contributed by atoms with E-state index in [9.17, 15) is 14.4 Å². The van der Waals surface area contributed by atoms with Gasteiger partial charge in [-0.05, 0) is 6.92 Å². The molecule has 9 heteroatoms. The van der Waals surface area contributed by atoms with E-state index >= 15 is 0 Å². The minimum Gasteiger partial charge on any atom is -0.476 e. The van der Waals surface area contributed by atoms with E-state index in [4.69, 9.17) is 5.11 Å². The van der Waals surface area contributed by atoms with Gasteiger partial charge in [0.05, 0.1) is 13.2 Å². The molecule has 2 amide bonds. The molecule has 0 aliphatic carbocycles. The van der Waals surface area contributed by atoms with E-state index in [2.05, 4.69) is 20.4 Å². The van der Waals surface area contributed by atoms with Gasteiger partial charge < -0.3 is 20.5 Å². The molecule has 0 spiro atoms. The zero-order valence-electron chi connectivity index (χ0n) is 10.3. The predicted molar refractivity (Wildman–Crippen MR) is 66.0 cm³/mol. The molecule has 0 aromatic carbocycles. The third-order valence-corrected chi connectivity index (χ3v) is 3.11. The molecular weight excluding hydrogens is 274 g/mol. The fraction of sp³-hybridized carbons (Fsp3) is 0.400. The highest BCUT2D eigenvalue weighted by atomic mass is 32.1. The molecular formula is C10H13N3O5S. The van der Waals surface area contributed by atoms with E-state index in [1.54, 1.807) is 6.92 Å². The molecule has 0 saturated carbocycles. The Kier molecular flexibility index (Phi) is 5.24. The second-order valence-corrected chi connectivity index (χ2v) is 4.39. The van der Waals surface area contributed by atoms with Crippen molar-refractivity contribution in [2.45, 2.75) is 13.0 Å². The van der Waals surface area contributed by atoms with Crippen LogP contribution in [0.4, 0.5) is 4.79 Å². The minimum absolute atomic E-state index is 0.0661. The lowest BCUT2D eigenvalue weighted by Crippen LogP contribution is -2.39. The van der Waals surface area contributed by atoms with E-state index in [0.717, 1.165) is 11.3 Å². The smallest absolute Gasteiger partial charge is 0.355 e. The SMILES string of the molecule is COC(=O)CNC(=O)NC(C)c1nc(C(=O)O)cs1. The Morgan fingerprint density at radius 3 is 2.74 bits per heavy atom. The van der Waals surface area contributed by atoms with Crippen molar-refractivity contribution in [2.24, 2.45) is 0 Å². The predicted octanol–water partition coefficient (Wildman–Crippen LogP) is 0.375. The number of thiazole rings is 1. The number of esters is 1. The number of hydrogen-bond acceptors (Lipinski definition) is 6. The first-order valence-corrected chi connectivity index (χ1v) is 6.12. The number of carboxylic acid groups (broad SMARTS) is 1. The van der Waals surface area contributed by atoms with Crippen LogP contribution in [0.3, 0.4) is 0 Å². The Morgan fingerprint density at radius 1 is 1.53 bits per heavy atom. The van der Waals surface area contributed by atoms with E-state index in [1.807, 2.05) is 0 Å². The zero-order valence-corrected chi connectivity index (χ0v) is 11.1. The van der Waals surface area contributed by atoms with Gasteiger partial charge in [0, 0.05) is 5.38 Å². The number of carbonyl (C=O) groups is 3. The van der Waals surface area contributed by atoms with Gasteiger partial charge in [-0.2, -0.15) is 0 Å². The summed E-state index contributed by atoms with van der Waals surface area (Å²) in [6.45, 7) is 1.41. The lowest BCUT2D eigenvalue weighted by molar-refractivity contribution is -0.139. The van der Waals surface area contributed by atoms with Crippen molar-refractivity contribution in [3.05, 3.63) is 16.1 Å². The van der Waals surface area contributed by atoms with Gasteiger partial charge >= 0.3 is 18.0 Å². The van der Waals surface area contributed by atoms with Gasteiger partial charge in [-0.3, -0.25) is 4.79 Å². The molecule has 0 radical (unpaired) electrons. The Bertz CT molecular complexity index is 487. The number of hydrogen-bond donors (Lipinski definition) is 3. The third-order valence-electron chi connectivity index (χ3n) is 2.08. The van der Waals surface area contributed by atoms with Crippen LogP contribution < -0.4 is 10.6 Å². The molecule has 1 aromatic heterocycles. The number of nitrogens with zero attached hydrogens (tertiary/aromatic N) is 1. The van der Waals surface area contributed by atoms with Gasteiger partial charge in [0.2, 0.25) is 0 Å². The molecule has 3 N–H and O–H groups in total. The number of methoxy groups -OCH3 is 1. The van der Waals surface area contributed by atoms with Crippen LogP contribution in [0.25, 0.3) is 0 Å². The van der Waals surface area contributed by atoms with Crippen LogP contribution in [-0.2, 0) is 9.53 Å². The molecule has 19 heavy (non-hydrogen) atoms. The largest absolute Gasteiger partial charge is 0.476 e. The Morgan fingerprint density at radius 2 is 2.21 bits per heavy atom. The van der Waals surface area contributed by atoms with Crippen molar-refractivity contribution >= 4 is 29.3 Å². The zero-order chi connectivity index (χ0) is 14.4. The normalized spacial score (nSPS) is 11.5. The number of rotatable bonds is 5. The molecule has 1 heterocycles. The second-order valence-electron chi connectivity index (χ2n) is 3.50. The average Bonchev–Trinajstić information content (AvgIpc) is 2.85. The van der Waals surface area contributed by atoms with Crippen LogP contribution in [0.5, 0.6) is 0 Å². The molecule has 0 saturated heterocycles. The van der Waals surface area contributed by atoms with Gasteiger partial charge in [-0.15, -0.1) is 11.3 Å². The van der Waals surface area contributed by atoms with E-state index in [-0.39, 0.29) is 12.2 Å². The Balaban J connectivity index is 2.49. The highest BCUT2D eigenvalue weighted by Gasteiger charge is 2.16. The molecule has 1 unspecified atom stereocenters. The summed E-state index contributed by atoms with van der Waals surface area (Å²) in [5.74, 6) is -1.69. The van der Waals surface area contributed by atoms with Crippen molar-refractivity contribution in [2.75, 3.05) is 13.7 Å². The number of carbonyl (C=O) groups excluding carboxylic acids is 2. The average molecular weight is 287 g/mol. The van der Waals surface area contributed by atoms with Crippen LogP contribution in [0, 0.1) is 0 Å². The van der Waals surface area contributed by atoms with Gasteiger partial charge in [-0.25, -0.2) is 14.6 Å². The summed E-state index contributed by atoms with van der Waals surface area (Å²) >= 11 is 1.13. The van der Waals surface area contributed by atoms with E-state index in [1.165, 1.54) is 12.5 Å². The van der Waals surface area contributed by atoms with Crippen molar-refractivity contribution in [1.29, 1.82) is 0 Å². The number of urea groups is 1. The molecule has 0 aliphatic rings. The van der Waals surface area contributed by atoms with Crippen LogP contribution in [-0.4, -0.2) is 41.7 Å². The number of aromatic nitrogens is 1. The van der Waals surface area contributed by atoms with Crippen LogP contribution >= 0.6 is 11.3 Å². The summed E-state index contributed by atoms with van der Waals surface area (Å²) in [4.78, 5) is 36.8. The summed E-state index contributed by atoms with van der Waals surface area (Å²) < 4.78 is 4.36. The fourth-order valence-corrected chi connectivity index (χ4v) is 1.92. The van der Waals surface area contributed by atoms with E-state index in [0.29, 0.717) is 5.01 Å². The summed E-state index contributed by atoms with van der Waals surface area (Å²) in [7, 11) is 1.22. The van der Waals surface area contributed by atoms with E-state index < -0.39 is 24.0 Å². The van der Waals surface area contributed by atoms with Gasteiger partial charge in [-0.1, -0.05) is 0 Å². The van der Waals surface area contributed by atoms with Crippen molar-refractivity contribution in [3.8, 4) is 0 Å². The Hall–Kier alpha value is -2.16. The van der Waals surface area contributed by atoms with Gasteiger partial charge in [0.25, 0.3) is 0 Å². The summed E-state index contributed by atoms with van der Waals surface area (Å²) in [6.07, 6.45) is 0. The number of aromatic carboxylic acids is 1. The maximum Gasteiger partial charge on any atom is 0.355 e. The molecule has 8 nitrogen and oxygen atoms in total. The summed E-state index contributed by atoms with van der Waals surface area (Å²) in [6, 6.07) is -1.03. The van der Waals surface area contributed by atoms with Crippen molar-refractivity contribution in [1.82, 2.24) is 15.6 Å². The number of nitrogens with one attached hydrogen (secondary N) is 2. The maximum atomic E-state index is 11.4. The highest BCUT2D eigenvalue weighted by molar-refractivity contribution is 7.09. The lowest BCUT2D eigenvalue weighted by Gasteiger charge is -2.11. The summed E-state index contributed by atoms with van der Waals surface area (Å²) in [5.41, 5.74) is -0.0661. The van der Waals surface area contributed by atoms with Crippen molar-refractivity contribution in [3.63, 3.8) is 0 Å². The molecule has 1 aromatic rings. The van der Waals surface area contributed by atoms with Crippen LogP contribution in [0.1, 0.15) is 28.5 Å². The lowest BCUT2D eigenvalue weighted by atomic mass is 10.3. The quantitative estimate of drug-likeness (QED) is 0.674. The van der Waals surface area contributed by atoms with Gasteiger partial charge in [0.15, 0.2) is 5.69 Å².